The number of rotatable bonds is 6. The molecule has 1 aromatic carbocycles. The zero-order valence-corrected chi connectivity index (χ0v) is 12.1. The topological polar surface area (TPSA) is 106 Å². The molecule has 0 spiro atoms. The number of benzene rings is 1. The van der Waals surface area contributed by atoms with Gasteiger partial charge in [0.05, 0.1) is 6.04 Å². The second-order valence-electron chi connectivity index (χ2n) is 5.02. The van der Waals surface area contributed by atoms with Gasteiger partial charge in [-0.05, 0) is 24.3 Å². The molecule has 5 nitrogen and oxygen atoms in total. The number of aliphatic carboxylic acids is 1. The summed E-state index contributed by atoms with van der Waals surface area (Å²) in [6.45, 7) is 4.01. The van der Waals surface area contributed by atoms with Gasteiger partial charge in [0.1, 0.15) is 0 Å². The fourth-order valence-electron chi connectivity index (χ4n) is 1.52. The maximum atomic E-state index is 10.3. The summed E-state index contributed by atoms with van der Waals surface area (Å²) < 4.78 is 0. The molecule has 0 aromatic heterocycles. The van der Waals surface area contributed by atoms with Crippen LogP contribution in [-0.4, -0.2) is 23.0 Å². The van der Waals surface area contributed by atoms with Gasteiger partial charge < -0.3 is 16.6 Å². The lowest BCUT2D eigenvalue weighted by Crippen LogP contribution is -2.37. The van der Waals surface area contributed by atoms with Gasteiger partial charge in [-0.15, -0.1) is 0 Å². The van der Waals surface area contributed by atoms with Crippen molar-refractivity contribution in [1.82, 2.24) is 0 Å². The van der Waals surface area contributed by atoms with E-state index in [-0.39, 0.29) is 6.42 Å². The molecule has 1 aromatic rings. The molecule has 0 aliphatic heterocycles. The van der Waals surface area contributed by atoms with Crippen LogP contribution in [0.4, 0.5) is 0 Å². The molecule has 5 heteroatoms. The van der Waals surface area contributed by atoms with Crippen LogP contribution in [-0.2, 0) is 16.0 Å². The Bertz CT molecular complexity index is 405. The van der Waals surface area contributed by atoms with Gasteiger partial charge in [-0.1, -0.05) is 44.2 Å². The van der Waals surface area contributed by atoms with Gasteiger partial charge in [0, 0.05) is 6.42 Å². The second kappa shape index (κ2) is 9.97. The number of nitrogens with two attached hydrogens (primary N) is 2. The van der Waals surface area contributed by atoms with E-state index in [1.54, 1.807) is 0 Å². The normalized spacial score (nSPS) is 11.4. The van der Waals surface area contributed by atoms with Gasteiger partial charge in [-0.3, -0.25) is 9.59 Å². The second-order valence-corrected chi connectivity index (χ2v) is 5.02. The van der Waals surface area contributed by atoms with Crippen LogP contribution < -0.4 is 11.5 Å². The minimum absolute atomic E-state index is 0.212. The maximum Gasteiger partial charge on any atom is 0.303 e. The first-order valence-corrected chi connectivity index (χ1v) is 6.63. The van der Waals surface area contributed by atoms with Crippen molar-refractivity contribution < 1.29 is 14.7 Å². The number of aryl methyl sites for hydroxylation is 1. The van der Waals surface area contributed by atoms with Crippen LogP contribution in [0.15, 0.2) is 30.3 Å². The minimum atomic E-state index is -0.742. The predicted octanol–water partition coefficient (Wildman–Crippen LogP) is 1.55. The first-order chi connectivity index (χ1) is 9.32. The largest absolute Gasteiger partial charge is 0.481 e. The molecule has 112 valence electrons. The molecule has 1 unspecified atom stereocenters. The Labute approximate surface area is 120 Å². The average Bonchev–Trinajstić information content (AvgIpc) is 2.37. The molecule has 0 aliphatic carbocycles. The van der Waals surface area contributed by atoms with Gasteiger partial charge >= 0.3 is 5.97 Å². The van der Waals surface area contributed by atoms with E-state index in [0.29, 0.717) is 18.8 Å². The Kier molecular flexibility index (Phi) is 9.04. The van der Waals surface area contributed by atoms with Crippen LogP contribution in [0.5, 0.6) is 0 Å². The average molecular weight is 280 g/mol. The Hall–Kier alpha value is -1.88. The van der Waals surface area contributed by atoms with Crippen molar-refractivity contribution in [2.75, 3.05) is 0 Å². The van der Waals surface area contributed by atoms with Gasteiger partial charge in [-0.25, -0.2) is 0 Å². The van der Waals surface area contributed by atoms with Crippen LogP contribution in [0.25, 0.3) is 0 Å². The molecule has 0 radical (unpaired) electrons. The molecule has 0 saturated carbocycles. The summed E-state index contributed by atoms with van der Waals surface area (Å²) in [4.78, 5) is 20.5. The summed E-state index contributed by atoms with van der Waals surface area (Å²) in [7, 11) is 0. The number of carbonyl (C=O) groups is 2. The number of amides is 1. The van der Waals surface area contributed by atoms with Crippen LogP contribution in [0.2, 0.25) is 0 Å². The van der Waals surface area contributed by atoms with Crippen LogP contribution >= 0.6 is 0 Å². The van der Waals surface area contributed by atoms with Crippen LogP contribution in [0.1, 0.15) is 32.3 Å². The maximum absolute atomic E-state index is 10.3. The summed E-state index contributed by atoms with van der Waals surface area (Å²) >= 11 is 0. The van der Waals surface area contributed by atoms with Crippen molar-refractivity contribution in [3.8, 4) is 0 Å². The Morgan fingerprint density at radius 2 is 1.75 bits per heavy atom. The Morgan fingerprint density at radius 1 is 1.20 bits per heavy atom. The van der Waals surface area contributed by atoms with Gasteiger partial charge in [0.25, 0.3) is 0 Å². The highest BCUT2D eigenvalue weighted by molar-refractivity contribution is 5.79. The Balaban J connectivity index is 0.000000370. The Morgan fingerprint density at radius 3 is 2.10 bits per heavy atom. The molecule has 5 N–H and O–H groups in total. The van der Waals surface area contributed by atoms with Crippen LogP contribution in [0.3, 0.4) is 0 Å². The minimum Gasteiger partial charge on any atom is -0.481 e. The summed E-state index contributed by atoms with van der Waals surface area (Å²) in [5.41, 5.74) is 11.3. The highest BCUT2D eigenvalue weighted by atomic mass is 16.4. The molecule has 1 atom stereocenters. The standard InChI is InChI=1S/C9H10O2.C6H14N2O/c10-9(11)7-6-8-4-2-1-3-5-8;1-4(2)3-5(7)6(8)9/h1-5H,6-7H2,(H,10,11);4-5H,3,7H2,1-2H3,(H2,8,9). The van der Waals surface area contributed by atoms with Crippen molar-refractivity contribution in [3.05, 3.63) is 35.9 Å². The van der Waals surface area contributed by atoms with Gasteiger partial charge in [0.15, 0.2) is 0 Å². The van der Waals surface area contributed by atoms with Crippen molar-refractivity contribution in [3.63, 3.8) is 0 Å². The van der Waals surface area contributed by atoms with E-state index in [2.05, 4.69) is 0 Å². The number of carbonyl (C=O) groups excluding carboxylic acids is 1. The van der Waals surface area contributed by atoms with E-state index in [9.17, 15) is 9.59 Å². The van der Waals surface area contributed by atoms with Crippen molar-refractivity contribution in [1.29, 1.82) is 0 Å². The molecule has 0 bridgehead atoms. The fourth-order valence-corrected chi connectivity index (χ4v) is 1.52. The quantitative estimate of drug-likeness (QED) is 0.734. The third-order valence-corrected chi connectivity index (χ3v) is 2.56. The lowest BCUT2D eigenvalue weighted by molar-refractivity contribution is -0.137. The van der Waals surface area contributed by atoms with E-state index in [1.165, 1.54) is 0 Å². The highest BCUT2D eigenvalue weighted by Crippen LogP contribution is 2.01. The summed E-state index contributed by atoms with van der Waals surface area (Å²) in [6.07, 6.45) is 1.51. The molecule has 0 heterocycles. The first-order valence-electron chi connectivity index (χ1n) is 6.63. The fraction of sp³-hybridized carbons (Fsp3) is 0.467. The zero-order valence-electron chi connectivity index (χ0n) is 12.1. The number of hydrogen-bond donors (Lipinski definition) is 3. The van der Waals surface area contributed by atoms with E-state index < -0.39 is 17.9 Å². The number of hydrogen-bond acceptors (Lipinski definition) is 3. The molecular formula is C15H24N2O3. The number of primary amides is 1. The first kappa shape index (κ1) is 18.1. The van der Waals surface area contributed by atoms with Gasteiger partial charge in [-0.2, -0.15) is 0 Å². The zero-order chi connectivity index (χ0) is 15.5. The van der Waals surface area contributed by atoms with E-state index >= 15 is 0 Å². The molecule has 0 aliphatic rings. The number of carboxylic acid groups (broad SMARTS) is 1. The third kappa shape index (κ3) is 10.1. The molecule has 1 rings (SSSR count). The predicted molar refractivity (Wildman–Crippen MR) is 79.0 cm³/mol. The summed E-state index contributed by atoms with van der Waals surface area (Å²) in [5, 5.41) is 8.37. The molecule has 1 amide bonds. The molecular weight excluding hydrogens is 256 g/mol. The van der Waals surface area contributed by atoms with E-state index in [1.807, 2.05) is 44.2 Å². The van der Waals surface area contributed by atoms with Gasteiger partial charge in [0.2, 0.25) is 5.91 Å². The van der Waals surface area contributed by atoms with Crippen molar-refractivity contribution in [2.24, 2.45) is 17.4 Å². The lowest BCUT2D eigenvalue weighted by Gasteiger charge is -2.08. The SMILES string of the molecule is CC(C)CC(N)C(N)=O.O=C(O)CCc1ccccc1. The monoisotopic (exact) mass is 280 g/mol. The van der Waals surface area contributed by atoms with Crippen molar-refractivity contribution >= 4 is 11.9 Å². The number of carboxylic acids is 1. The smallest absolute Gasteiger partial charge is 0.303 e. The third-order valence-electron chi connectivity index (χ3n) is 2.56. The lowest BCUT2D eigenvalue weighted by atomic mass is 10.0. The van der Waals surface area contributed by atoms with Crippen LogP contribution in [0, 0.1) is 5.92 Å². The van der Waals surface area contributed by atoms with Crippen molar-refractivity contribution in [2.45, 2.75) is 39.2 Å². The summed E-state index contributed by atoms with van der Waals surface area (Å²) in [6, 6.07) is 9.15. The molecule has 20 heavy (non-hydrogen) atoms. The molecule has 0 fully saturated rings. The van der Waals surface area contributed by atoms with E-state index in [0.717, 1.165) is 5.56 Å². The summed E-state index contributed by atoms with van der Waals surface area (Å²) in [5.74, 6) is -0.718. The highest BCUT2D eigenvalue weighted by Gasteiger charge is 2.09. The molecule has 0 saturated heterocycles. The van der Waals surface area contributed by atoms with E-state index in [4.69, 9.17) is 16.6 Å².